The normalized spacial score (nSPS) is 19.2. The molecule has 0 bridgehead atoms. The number of ether oxygens (including phenoxy) is 3. The van der Waals surface area contributed by atoms with Gasteiger partial charge in [0.05, 0.1) is 0 Å². The highest BCUT2D eigenvalue weighted by atomic mass is 16.6. The first-order valence-corrected chi connectivity index (χ1v) is 6.79. The summed E-state index contributed by atoms with van der Waals surface area (Å²) in [7, 11) is 0. The minimum atomic E-state index is -0.572. The summed E-state index contributed by atoms with van der Waals surface area (Å²) in [4.78, 5) is 26.9. The van der Waals surface area contributed by atoms with Gasteiger partial charge in [0.25, 0.3) is 0 Å². The second-order valence-electron chi connectivity index (χ2n) is 4.94. The van der Waals surface area contributed by atoms with Crippen LogP contribution in [0.3, 0.4) is 0 Å². The zero-order chi connectivity index (χ0) is 14.7. The monoisotopic (exact) mass is 293 g/mol. The maximum absolute atomic E-state index is 11.9. The molecule has 0 saturated carbocycles. The lowest BCUT2D eigenvalue weighted by atomic mass is 10.0. The molecule has 0 N–H and O–H groups in total. The molecule has 112 valence electrons. The van der Waals surface area contributed by atoms with E-state index >= 15 is 0 Å². The molecule has 0 amide bonds. The fourth-order valence-corrected chi connectivity index (χ4v) is 2.24. The average molecular weight is 293 g/mol. The summed E-state index contributed by atoms with van der Waals surface area (Å²) in [6.07, 6.45) is 4.30. The predicted molar refractivity (Wildman–Crippen MR) is 68.6 cm³/mol. The molecule has 2 aliphatic heterocycles. The third kappa shape index (κ3) is 3.30. The van der Waals surface area contributed by atoms with Crippen LogP contribution in [-0.2, 0) is 19.0 Å². The van der Waals surface area contributed by atoms with Crippen molar-refractivity contribution in [1.82, 2.24) is 4.98 Å². The van der Waals surface area contributed by atoms with E-state index in [1.54, 1.807) is 0 Å². The summed E-state index contributed by atoms with van der Waals surface area (Å²) in [5.41, 5.74) is 0.767. The molecule has 0 aliphatic carbocycles. The molecule has 1 aromatic rings. The molecule has 0 aromatic carbocycles. The molecule has 0 spiro atoms. The number of carbonyl (C=O) groups excluding carboxylic acids is 2. The molecule has 3 rings (SSSR count). The van der Waals surface area contributed by atoms with Crippen molar-refractivity contribution >= 4 is 11.9 Å². The van der Waals surface area contributed by atoms with E-state index < -0.39 is 11.9 Å². The van der Waals surface area contributed by atoms with Gasteiger partial charge in [-0.3, -0.25) is 0 Å². The maximum atomic E-state index is 11.9. The number of cyclic esters (lactones) is 1. The smallest absolute Gasteiger partial charge is 0.360 e. The van der Waals surface area contributed by atoms with Crippen LogP contribution in [0.4, 0.5) is 0 Å². The van der Waals surface area contributed by atoms with Crippen LogP contribution >= 0.6 is 0 Å². The van der Waals surface area contributed by atoms with Gasteiger partial charge >= 0.3 is 11.9 Å². The Kier molecular flexibility index (Phi) is 4.01. The van der Waals surface area contributed by atoms with Crippen molar-refractivity contribution in [3.8, 4) is 0 Å². The van der Waals surface area contributed by atoms with Gasteiger partial charge in [0.15, 0.2) is 11.6 Å². The van der Waals surface area contributed by atoms with Crippen LogP contribution in [0, 0.1) is 0 Å². The van der Waals surface area contributed by atoms with Crippen molar-refractivity contribution in [1.29, 1.82) is 0 Å². The minimum Gasteiger partial charge on any atom is -0.458 e. The molecule has 0 atom stereocenters. The van der Waals surface area contributed by atoms with E-state index in [0.717, 1.165) is 12.8 Å². The maximum Gasteiger partial charge on any atom is 0.360 e. The summed E-state index contributed by atoms with van der Waals surface area (Å²) < 4.78 is 20.4. The molecule has 2 aliphatic rings. The molecule has 7 heteroatoms. The predicted octanol–water partition coefficient (Wildman–Crippen LogP) is 1.21. The van der Waals surface area contributed by atoms with Gasteiger partial charge in [0.1, 0.15) is 19.5 Å². The van der Waals surface area contributed by atoms with Crippen LogP contribution < -0.4 is 0 Å². The van der Waals surface area contributed by atoms with Crippen molar-refractivity contribution in [2.45, 2.75) is 18.8 Å². The van der Waals surface area contributed by atoms with Crippen LogP contribution in [0.5, 0.6) is 0 Å². The van der Waals surface area contributed by atoms with Crippen molar-refractivity contribution in [2.24, 2.45) is 0 Å². The van der Waals surface area contributed by atoms with Gasteiger partial charge in [0, 0.05) is 30.8 Å². The van der Waals surface area contributed by atoms with Gasteiger partial charge < -0.3 is 18.6 Å². The van der Waals surface area contributed by atoms with E-state index in [9.17, 15) is 9.59 Å². The van der Waals surface area contributed by atoms with E-state index in [4.69, 9.17) is 18.6 Å². The van der Waals surface area contributed by atoms with Gasteiger partial charge in [-0.25, -0.2) is 14.6 Å². The van der Waals surface area contributed by atoms with E-state index in [2.05, 4.69) is 4.98 Å². The van der Waals surface area contributed by atoms with Gasteiger partial charge in [-0.05, 0) is 12.8 Å². The molecule has 1 aromatic heterocycles. The van der Waals surface area contributed by atoms with E-state index in [-0.39, 0.29) is 24.8 Å². The minimum absolute atomic E-state index is 0.0179. The number of carbonyl (C=O) groups is 2. The number of aromatic nitrogens is 1. The Morgan fingerprint density at radius 2 is 2.19 bits per heavy atom. The van der Waals surface area contributed by atoms with E-state index in [0.29, 0.717) is 24.7 Å². The second-order valence-corrected chi connectivity index (χ2v) is 4.94. The zero-order valence-electron chi connectivity index (χ0n) is 11.4. The largest absolute Gasteiger partial charge is 0.458 e. The third-order valence-corrected chi connectivity index (χ3v) is 3.41. The summed E-state index contributed by atoms with van der Waals surface area (Å²) in [6, 6.07) is 0. The van der Waals surface area contributed by atoms with E-state index in [1.807, 2.05) is 0 Å². The molecular formula is C14H15NO6. The first-order valence-electron chi connectivity index (χ1n) is 6.79. The first kappa shape index (κ1) is 13.8. The topological polar surface area (TPSA) is 87.9 Å². The van der Waals surface area contributed by atoms with Crippen molar-refractivity contribution < 1.29 is 28.2 Å². The summed E-state index contributed by atoms with van der Waals surface area (Å²) in [5, 5.41) is 0. The Hall–Kier alpha value is -2.15. The summed E-state index contributed by atoms with van der Waals surface area (Å²) >= 11 is 0. The number of rotatable bonds is 4. The van der Waals surface area contributed by atoms with Crippen LogP contribution in [0.1, 0.15) is 35.1 Å². The zero-order valence-corrected chi connectivity index (χ0v) is 11.4. The van der Waals surface area contributed by atoms with Gasteiger partial charge in [-0.1, -0.05) is 0 Å². The van der Waals surface area contributed by atoms with Gasteiger partial charge in [-0.2, -0.15) is 0 Å². The Morgan fingerprint density at radius 3 is 2.90 bits per heavy atom. The third-order valence-electron chi connectivity index (χ3n) is 3.41. The van der Waals surface area contributed by atoms with Gasteiger partial charge in [0.2, 0.25) is 0 Å². The lowest BCUT2D eigenvalue weighted by molar-refractivity contribution is -0.134. The molecule has 0 radical (unpaired) electrons. The quantitative estimate of drug-likeness (QED) is 0.771. The van der Waals surface area contributed by atoms with E-state index in [1.165, 1.54) is 12.3 Å². The highest BCUT2D eigenvalue weighted by Crippen LogP contribution is 2.26. The number of hydrogen-bond acceptors (Lipinski definition) is 7. The van der Waals surface area contributed by atoms with Gasteiger partial charge in [-0.15, -0.1) is 0 Å². The Bertz CT molecular complexity index is 570. The first-order chi connectivity index (χ1) is 10.2. The molecule has 21 heavy (non-hydrogen) atoms. The number of esters is 2. The van der Waals surface area contributed by atoms with Crippen LogP contribution in [-0.4, -0.2) is 43.4 Å². The number of oxazole rings is 1. The van der Waals surface area contributed by atoms with Crippen molar-refractivity contribution in [2.75, 3.05) is 26.4 Å². The average Bonchev–Trinajstić information content (AvgIpc) is 3.15. The standard InChI is InChI=1S/C14H15NO6/c16-12-5-9(6-19-12)7-21-14(17)11-8-20-13(15-11)10-1-3-18-4-2-10/h5,8,10H,1-4,6-7H2. The molecular weight excluding hydrogens is 278 g/mol. The molecule has 1 saturated heterocycles. The highest BCUT2D eigenvalue weighted by Gasteiger charge is 2.23. The molecule has 0 unspecified atom stereocenters. The lowest BCUT2D eigenvalue weighted by Crippen LogP contribution is -2.15. The summed E-state index contributed by atoms with van der Waals surface area (Å²) in [6.45, 7) is 1.53. The highest BCUT2D eigenvalue weighted by molar-refractivity contribution is 5.87. The Labute approximate surface area is 120 Å². The SMILES string of the molecule is O=C1C=C(COC(=O)c2coc(C3CCOCC3)n2)CO1. The number of hydrogen-bond donors (Lipinski definition) is 0. The fourth-order valence-electron chi connectivity index (χ4n) is 2.24. The Morgan fingerprint density at radius 1 is 1.38 bits per heavy atom. The van der Waals surface area contributed by atoms with Crippen LogP contribution in [0.2, 0.25) is 0 Å². The van der Waals surface area contributed by atoms with Crippen LogP contribution in [0.25, 0.3) is 0 Å². The fraction of sp³-hybridized carbons (Fsp3) is 0.500. The second kappa shape index (κ2) is 6.09. The van der Waals surface area contributed by atoms with Crippen molar-refractivity contribution in [3.63, 3.8) is 0 Å². The van der Waals surface area contributed by atoms with Crippen LogP contribution in [0.15, 0.2) is 22.3 Å². The molecule has 1 fully saturated rings. The molecule has 7 nitrogen and oxygen atoms in total. The molecule has 3 heterocycles. The van der Waals surface area contributed by atoms with Crippen molar-refractivity contribution in [3.05, 3.63) is 29.5 Å². The number of nitrogens with zero attached hydrogens (tertiary/aromatic N) is 1. The lowest BCUT2D eigenvalue weighted by Gasteiger charge is -2.18. The summed E-state index contributed by atoms with van der Waals surface area (Å²) in [5.74, 6) is -0.255. The Balaban J connectivity index is 1.56.